The molecule has 3 heterocycles. The molecule has 34 heavy (non-hydrogen) atoms. The summed E-state index contributed by atoms with van der Waals surface area (Å²) in [7, 11) is 0. The highest BCUT2D eigenvalue weighted by molar-refractivity contribution is 6.28. The standard InChI is InChI=1S/C27H33N7/c1-4-9-34-17-22(15-31-34)25-16-30-27(28,23-11-18(2)10-19(3)12-23)33-26(25)32-24-6-5-20-7-8-29-14-21(20)13-24/h5-6,10-13,15-17,29-30H,4,7-9,14,28H2,1-3H3,(H,32,33). The van der Waals surface area contributed by atoms with Crippen molar-refractivity contribution in [2.45, 2.75) is 52.5 Å². The van der Waals surface area contributed by atoms with Gasteiger partial charge in [0.2, 0.25) is 5.79 Å². The van der Waals surface area contributed by atoms with Gasteiger partial charge in [-0.2, -0.15) is 5.10 Å². The largest absolute Gasteiger partial charge is 0.351 e. The van der Waals surface area contributed by atoms with Crippen LogP contribution in [-0.2, 0) is 25.3 Å². The summed E-state index contributed by atoms with van der Waals surface area (Å²) in [5, 5.41) is 14.9. The highest BCUT2D eigenvalue weighted by atomic mass is 15.3. The number of nitrogens with two attached hydrogens (primary N) is 1. The van der Waals surface area contributed by atoms with Crippen molar-refractivity contribution in [1.29, 1.82) is 0 Å². The van der Waals surface area contributed by atoms with E-state index in [4.69, 9.17) is 10.7 Å². The lowest BCUT2D eigenvalue weighted by molar-refractivity contribution is 0.411. The molecule has 1 aromatic heterocycles. The number of hydrogen-bond donors (Lipinski definition) is 4. The van der Waals surface area contributed by atoms with E-state index in [2.05, 4.69) is 84.4 Å². The molecular weight excluding hydrogens is 422 g/mol. The molecule has 0 radical (unpaired) electrons. The van der Waals surface area contributed by atoms with Gasteiger partial charge in [-0.15, -0.1) is 0 Å². The molecule has 1 unspecified atom stereocenters. The van der Waals surface area contributed by atoms with E-state index in [-0.39, 0.29) is 0 Å². The average Bonchev–Trinajstić information content (AvgIpc) is 3.27. The van der Waals surface area contributed by atoms with Crippen LogP contribution in [0.25, 0.3) is 5.57 Å². The Morgan fingerprint density at radius 2 is 1.94 bits per heavy atom. The smallest absolute Gasteiger partial charge is 0.211 e. The van der Waals surface area contributed by atoms with Crippen molar-refractivity contribution >= 4 is 17.1 Å². The lowest BCUT2D eigenvalue weighted by Gasteiger charge is -2.32. The molecule has 0 aliphatic carbocycles. The van der Waals surface area contributed by atoms with Gasteiger partial charge in [0.25, 0.3) is 0 Å². The molecule has 3 aromatic rings. The second kappa shape index (κ2) is 9.08. The summed E-state index contributed by atoms with van der Waals surface area (Å²) < 4.78 is 1.96. The van der Waals surface area contributed by atoms with E-state index in [1.807, 2.05) is 17.1 Å². The maximum atomic E-state index is 6.85. The van der Waals surface area contributed by atoms with Crippen LogP contribution < -0.4 is 21.7 Å². The molecule has 5 rings (SSSR count). The maximum Gasteiger partial charge on any atom is 0.211 e. The first-order valence-corrected chi connectivity index (χ1v) is 12.0. The number of aliphatic imine (C=N–C) groups is 1. The van der Waals surface area contributed by atoms with Gasteiger partial charge in [0, 0.05) is 47.9 Å². The Morgan fingerprint density at radius 1 is 1.12 bits per heavy atom. The first-order valence-electron chi connectivity index (χ1n) is 12.0. The number of amidine groups is 1. The zero-order chi connectivity index (χ0) is 23.7. The van der Waals surface area contributed by atoms with Gasteiger partial charge in [-0.25, -0.2) is 4.99 Å². The van der Waals surface area contributed by atoms with Gasteiger partial charge in [-0.1, -0.05) is 42.3 Å². The Morgan fingerprint density at radius 3 is 2.74 bits per heavy atom. The molecule has 7 nitrogen and oxygen atoms in total. The van der Waals surface area contributed by atoms with Crippen LogP contribution in [0.5, 0.6) is 0 Å². The number of hydrogen-bond acceptors (Lipinski definition) is 6. The number of nitrogens with one attached hydrogen (secondary N) is 3. The third-order valence-corrected chi connectivity index (χ3v) is 6.39. The van der Waals surface area contributed by atoms with Crippen molar-refractivity contribution in [3.8, 4) is 0 Å². The second-order valence-electron chi connectivity index (χ2n) is 9.33. The zero-order valence-corrected chi connectivity index (χ0v) is 20.2. The fraction of sp³-hybridized carbons (Fsp3) is 0.333. The van der Waals surface area contributed by atoms with Crippen LogP contribution in [0.2, 0.25) is 0 Å². The number of aromatic nitrogens is 2. The van der Waals surface area contributed by atoms with Crippen LogP contribution >= 0.6 is 0 Å². The van der Waals surface area contributed by atoms with Gasteiger partial charge in [0.05, 0.1) is 6.20 Å². The van der Waals surface area contributed by atoms with Crippen LogP contribution in [0.15, 0.2) is 60.0 Å². The van der Waals surface area contributed by atoms with Crippen LogP contribution in [0.3, 0.4) is 0 Å². The van der Waals surface area contributed by atoms with Crippen LogP contribution in [0.1, 0.15) is 46.7 Å². The summed E-state index contributed by atoms with van der Waals surface area (Å²) in [4.78, 5) is 5.04. The molecule has 5 N–H and O–H groups in total. The first-order chi connectivity index (χ1) is 16.4. The van der Waals surface area contributed by atoms with Crippen molar-refractivity contribution < 1.29 is 0 Å². The summed E-state index contributed by atoms with van der Waals surface area (Å²) >= 11 is 0. The number of rotatable bonds is 5. The van der Waals surface area contributed by atoms with E-state index < -0.39 is 5.79 Å². The molecular formula is C27H33N7. The fourth-order valence-corrected chi connectivity index (χ4v) is 4.73. The fourth-order valence-electron chi connectivity index (χ4n) is 4.73. The van der Waals surface area contributed by atoms with Crippen molar-refractivity contribution in [2.24, 2.45) is 10.7 Å². The third kappa shape index (κ3) is 4.49. The molecule has 0 spiro atoms. The molecule has 2 aliphatic rings. The van der Waals surface area contributed by atoms with E-state index in [1.165, 1.54) is 11.1 Å². The lowest BCUT2D eigenvalue weighted by Crippen LogP contribution is -2.50. The molecule has 0 saturated carbocycles. The molecule has 0 bridgehead atoms. The summed E-state index contributed by atoms with van der Waals surface area (Å²) in [6.07, 6.45) is 7.99. The topological polar surface area (TPSA) is 92.3 Å². The molecule has 1 atom stereocenters. The number of anilines is 1. The SMILES string of the molecule is CCCn1cc(C2=CNC(N)(c3cc(C)cc(C)c3)N=C2Nc2ccc3c(c2)CNCC3)cn1. The van der Waals surface area contributed by atoms with Gasteiger partial charge < -0.3 is 16.0 Å². The number of fused-ring (bicyclic) bond motifs is 1. The Bertz CT molecular complexity index is 1250. The summed E-state index contributed by atoms with van der Waals surface area (Å²) in [5.41, 5.74) is 15.7. The zero-order valence-electron chi connectivity index (χ0n) is 20.2. The molecule has 0 amide bonds. The molecule has 0 fully saturated rings. The maximum absolute atomic E-state index is 6.85. The Kier molecular flexibility index (Phi) is 5.98. The van der Waals surface area contributed by atoms with Gasteiger partial charge in [-0.3, -0.25) is 10.4 Å². The predicted molar refractivity (Wildman–Crippen MR) is 138 cm³/mol. The average molecular weight is 456 g/mol. The third-order valence-electron chi connectivity index (χ3n) is 6.39. The number of nitrogens with zero attached hydrogens (tertiary/aromatic N) is 3. The quantitative estimate of drug-likeness (QED) is 0.470. The summed E-state index contributed by atoms with van der Waals surface area (Å²) in [6, 6.07) is 12.9. The van der Waals surface area contributed by atoms with Crippen LogP contribution in [0.4, 0.5) is 5.69 Å². The number of aryl methyl sites for hydroxylation is 3. The molecule has 0 saturated heterocycles. The van der Waals surface area contributed by atoms with Gasteiger partial charge >= 0.3 is 0 Å². The molecule has 7 heteroatoms. The van der Waals surface area contributed by atoms with Crippen LogP contribution in [-0.4, -0.2) is 22.2 Å². The Hall–Kier alpha value is -3.42. The minimum absolute atomic E-state index is 0.722. The van der Waals surface area contributed by atoms with E-state index in [1.54, 1.807) is 0 Å². The van der Waals surface area contributed by atoms with Crippen molar-refractivity contribution in [3.05, 3.63) is 88.4 Å². The van der Waals surface area contributed by atoms with Crippen molar-refractivity contribution in [1.82, 2.24) is 20.4 Å². The first kappa shape index (κ1) is 22.4. The lowest BCUT2D eigenvalue weighted by atomic mass is 9.99. The summed E-state index contributed by atoms with van der Waals surface area (Å²) in [6.45, 7) is 9.09. The highest BCUT2D eigenvalue weighted by Crippen LogP contribution is 2.29. The summed E-state index contributed by atoms with van der Waals surface area (Å²) in [5.74, 6) is -0.349. The minimum Gasteiger partial charge on any atom is -0.351 e. The van der Waals surface area contributed by atoms with Gasteiger partial charge in [0.1, 0.15) is 5.84 Å². The number of benzene rings is 2. The van der Waals surface area contributed by atoms with Crippen molar-refractivity contribution in [2.75, 3.05) is 11.9 Å². The predicted octanol–water partition coefficient (Wildman–Crippen LogP) is 3.78. The Labute approximate surface area is 201 Å². The monoisotopic (exact) mass is 455 g/mol. The normalized spacial score (nSPS) is 19.6. The van der Waals surface area contributed by atoms with Crippen molar-refractivity contribution in [3.63, 3.8) is 0 Å². The molecule has 176 valence electrons. The molecule has 2 aliphatic heterocycles. The van der Waals surface area contributed by atoms with Gasteiger partial charge in [0.15, 0.2) is 0 Å². The van der Waals surface area contributed by atoms with E-state index in [9.17, 15) is 0 Å². The van der Waals surface area contributed by atoms with E-state index in [0.29, 0.717) is 0 Å². The highest BCUT2D eigenvalue weighted by Gasteiger charge is 2.32. The van der Waals surface area contributed by atoms with Gasteiger partial charge in [-0.05, 0) is 56.5 Å². The van der Waals surface area contributed by atoms with E-state index >= 15 is 0 Å². The Balaban J connectivity index is 1.54. The second-order valence-corrected chi connectivity index (χ2v) is 9.33. The van der Waals surface area contributed by atoms with Crippen LogP contribution in [0, 0.1) is 13.8 Å². The minimum atomic E-state index is -1.07. The molecule has 2 aromatic carbocycles. The van der Waals surface area contributed by atoms with E-state index in [0.717, 1.165) is 71.8 Å².